The van der Waals surface area contributed by atoms with Gasteiger partial charge in [-0.15, -0.1) is 0 Å². The Morgan fingerprint density at radius 3 is 3.00 bits per heavy atom. The summed E-state index contributed by atoms with van der Waals surface area (Å²) in [4.78, 5) is 0. The van der Waals surface area contributed by atoms with E-state index >= 15 is 0 Å². The Labute approximate surface area is 124 Å². The minimum atomic E-state index is -0.257. The van der Waals surface area contributed by atoms with Crippen LogP contribution in [0.3, 0.4) is 0 Å². The summed E-state index contributed by atoms with van der Waals surface area (Å²) in [6.07, 6.45) is 4.55. The maximum Gasteiger partial charge on any atom is 0.145 e. The van der Waals surface area contributed by atoms with E-state index < -0.39 is 0 Å². The van der Waals surface area contributed by atoms with Crippen molar-refractivity contribution in [3.8, 4) is 0 Å². The highest BCUT2D eigenvalue weighted by atomic mass is 35.5. The number of likely N-dealkylation sites (N-methyl/N-ethyl adjacent to an activating group) is 1. The number of nitrogens with one attached hydrogen (secondary N) is 1. The molecule has 1 aromatic carbocycles. The molecule has 1 aliphatic rings. The van der Waals surface area contributed by atoms with Crippen LogP contribution < -0.4 is 5.32 Å². The summed E-state index contributed by atoms with van der Waals surface area (Å²) >= 11 is 7.88. The van der Waals surface area contributed by atoms with Gasteiger partial charge < -0.3 is 5.32 Å². The maximum atomic E-state index is 14.0. The van der Waals surface area contributed by atoms with Crippen LogP contribution in [0.15, 0.2) is 18.2 Å². The molecule has 0 saturated carbocycles. The van der Waals surface area contributed by atoms with Crippen LogP contribution >= 0.6 is 23.4 Å². The van der Waals surface area contributed by atoms with Crippen molar-refractivity contribution >= 4 is 23.4 Å². The fourth-order valence-corrected chi connectivity index (χ4v) is 4.25. The molecule has 19 heavy (non-hydrogen) atoms. The van der Waals surface area contributed by atoms with Crippen LogP contribution in [0.5, 0.6) is 0 Å². The molecular weight excluding hydrogens is 281 g/mol. The number of hydrogen-bond acceptors (Lipinski definition) is 2. The third kappa shape index (κ3) is 4.11. The minimum Gasteiger partial charge on any atom is -0.313 e. The van der Waals surface area contributed by atoms with Gasteiger partial charge in [0.15, 0.2) is 0 Å². The Morgan fingerprint density at radius 2 is 2.32 bits per heavy atom. The summed E-state index contributed by atoms with van der Waals surface area (Å²) < 4.78 is 14.0. The largest absolute Gasteiger partial charge is 0.313 e. The number of rotatable bonds is 5. The standard InChI is InChI=1S/C15H21ClFNS/c1-2-18-13(14-8-3-4-9-19-14)10-11-6-5-7-12(16)15(11)17/h5-7,13-14,18H,2-4,8-10H2,1H3. The van der Waals surface area contributed by atoms with E-state index in [4.69, 9.17) is 11.6 Å². The molecular formula is C15H21ClFNS. The van der Waals surface area contributed by atoms with Crippen LogP contribution in [-0.2, 0) is 6.42 Å². The first-order valence-electron chi connectivity index (χ1n) is 7.00. The normalized spacial score (nSPS) is 21.3. The van der Waals surface area contributed by atoms with E-state index in [-0.39, 0.29) is 10.8 Å². The van der Waals surface area contributed by atoms with Crippen LogP contribution in [0.4, 0.5) is 4.39 Å². The van der Waals surface area contributed by atoms with Crippen LogP contribution in [0.25, 0.3) is 0 Å². The fraction of sp³-hybridized carbons (Fsp3) is 0.600. The van der Waals surface area contributed by atoms with Gasteiger partial charge in [0.2, 0.25) is 0 Å². The summed E-state index contributed by atoms with van der Waals surface area (Å²) in [6, 6.07) is 5.62. The Morgan fingerprint density at radius 1 is 1.47 bits per heavy atom. The molecule has 2 rings (SSSR count). The van der Waals surface area contributed by atoms with Crippen LogP contribution in [0.1, 0.15) is 31.7 Å². The third-order valence-electron chi connectivity index (χ3n) is 3.60. The molecule has 0 aliphatic carbocycles. The van der Waals surface area contributed by atoms with Gasteiger partial charge in [-0.25, -0.2) is 4.39 Å². The molecule has 2 atom stereocenters. The monoisotopic (exact) mass is 301 g/mol. The molecule has 0 radical (unpaired) electrons. The van der Waals surface area contributed by atoms with Crippen molar-refractivity contribution in [2.45, 2.75) is 43.9 Å². The molecule has 0 aromatic heterocycles. The lowest BCUT2D eigenvalue weighted by atomic mass is 9.99. The Kier molecular flexibility index (Phi) is 5.99. The Balaban J connectivity index is 2.08. The average molecular weight is 302 g/mol. The van der Waals surface area contributed by atoms with Gasteiger partial charge in [-0.3, -0.25) is 0 Å². The quantitative estimate of drug-likeness (QED) is 0.871. The van der Waals surface area contributed by atoms with Crippen LogP contribution in [-0.4, -0.2) is 23.6 Å². The van der Waals surface area contributed by atoms with Gasteiger partial charge in [-0.1, -0.05) is 37.1 Å². The zero-order valence-electron chi connectivity index (χ0n) is 11.3. The van der Waals surface area contributed by atoms with E-state index in [9.17, 15) is 4.39 Å². The molecule has 1 N–H and O–H groups in total. The third-order valence-corrected chi connectivity index (χ3v) is 5.41. The topological polar surface area (TPSA) is 12.0 Å². The molecule has 1 saturated heterocycles. The molecule has 0 spiro atoms. The molecule has 1 nitrogen and oxygen atoms in total. The Hall–Kier alpha value is -0.250. The molecule has 1 fully saturated rings. The van der Waals surface area contributed by atoms with Crippen molar-refractivity contribution < 1.29 is 4.39 Å². The smallest absolute Gasteiger partial charge is 0.145 e. The second-order valence-electron chi connectivity index (χ2n) is 4.99. The predicted molar refractivity (Wildman–Crippen MR) is 82.7 cm³/mol. The van der Waals surface area contributed by atoms with Crippen LogP contribution in [0.2, 0.25) is 5.02 Å². The summed E-state index contributed by atoms with van der Waals surface area (Å²) in [7, 11) is 0. The van der Waals surface area contributed by atoms with Crippen molar-refractivity contribution in [1.82, 2.24) is 5.32 Å². The number of hydrogen-bond donors (Lipinski definition) is 1. The zero-order valence-corrected chi connectivity index (χ0v) is 12.9. The number of thioether (sulfide) groups is 1. The van der Waals surface area contributed by atoms with E-state index in [1.54, 1.807) is 6.07 Å². The van der Waals surface area contributed by atoms with Gasteiger partial charge in [-0.05, 0) is 43.2 Å². The van der Waals surface area contributed by atoms with Crippen molar-refractivity contribution in [3.63, 3.8) is 0 Å². The van der Waals surface area contributed by atoms with Crippen molar-refractivity contribution in [2.75, 3.05) is 12.3 Å². The van der Waals surface area contributed by atoms with E-state index in [1.165, 1.54) is 25.0 Å². The summed E-state index contributed by atoms with van der Waals surface area (Å²) in [5.74, 6) is 0.970. The van der Waals surface area contributed by atoms with Crippen molar-refractivity contribution in [2.24, 2.45) is 0 Å². The lowest BCUT2D eigenvalue weighted by molar-refractivity contribution is 0.464. The molecule has 0 bridgehead atoms. The van der Waals surface area contributed by atoms with Crippen molar-refractivity contribution in [1.29, 1.82) is 0 Å². The fourth-order valence-electron chi connectivity index (χ4n) is 2.62. The molecule has 1 aromatic rings. The summed E-state index contributed by atoms with van der Waals surface area (Å²) in [5.41, 5.74) is 0.727. The zero-order chi connectivity index (χ0) is 13.7. The lowest BCUT2D eigenvalue weighted by Crippen LogP contribution is -2.41. The van der Waals surface area contributed by atoms with Crippen LogP contribution in [0, 0.1) is 5.82 Å². The minimum absolute atomic E-state index is 0.226. The van der Waals surface area contributed by atoms with Gasteiger partial charge in [-0.2, -0.15) is 11.8 Å². The summed E-state index contributed by atoms with van der Waals surface area (Å²) in [5, 5.41) is 4.33. The lowest BCUT2D eigenvalue weighted by Gasteiger charge is -2.30. The second-order valence-corrected chi connectivity index (χ2v) is 6.74. The second kappa shape index (κ2) is 7.51. The molecule has 0 amide bonds. The number of halogens is 2. The average Bonchev–Trinajstić information content (AvgIpc) is 2.44. The van der Waals surface area contributed by atoms with E-state index in [0.717, 1.165) is 18.5 Å². The van der Waals surface area contributed by atoms with Gasteiger partial charge in [0.05, 0.1) is 5.02 Å². The SMILES string of the molecule is CCNC(Cc1cccc(Cl)c1F)C1CCCCS1. The highest BCUT2D eigenvalue weighted by Gasteiger charge is 2.24. The number of benzene rings is 1. The maximum absolute atomic E-state index is 14.0. The Bertz CT molecular complexity index is 407. The van der Waals surface area contributed by atoms with Gasteiger partial charge in [0.1, 0.15) is 5.82 Å². The molecule has 1 heterocycles. The molecule has 2 unspecified atom stereocenters. The first kappa shape index (κ1) is 15.1. The van der Waals surface area contributed by atoms with E-state index in [0.29, 0.717) is 11.3 Å². The first-order chi connectivity index (χ1) is 9.22. The summed E-state index contributed by atoms with van der Waals surface area (Å²) in [6.45, 7) is 3.03. The van der Waals surface area contributed by atoms with E-state index in [1.807, 2.05) is 23.9 Å². The van der Waals surface area contributed by atoms with E-state index in [2.05, 4.69) is 12.2 Å². The highest BCUT2D eigenvalue weighted by Crippen LogP contribution is 2.30. The highest BCUT2D eigenvalue weighted by molar-refractivity contribution is 8.00. The molecule has 1 aliphatic heterocycles. The first-order valence-corrected chi connectivity index (χ1v) is 8.43. The van der Waals surface area contributed by atoms with Gasteiger partial charge in [0.25, 0.3) is 0 Å². The predicted octanol–water partition coefficient (Wildman–Crippen LogP) is 4.29. The van der Waals surface area contributed by atoms with Gasteiger partial charge >= 0.3 is 0 Å². The van der Waals surface area contributed by atoms with Gasteiger partial charge in [0, 0.05) is 11.3 Å². The molecule has 4 heteroatoms. The molecule has 106 valence electrons. The van der Waals surface area contributed by atoms with Crippen molar-refractivity contribution in [3.05, 3.63) is 34.6 Å².